The van der Waals surface area contributed by atoms with E-state index in [-0.39, 0.29) is 23.5 Å². The maximum atomic E-state index is 14.6. The van der Waals surface area contributed by atoms with E-state index >= 15 is 0 Å². The third kappa shape index (κ3) is 3.39. The number of halogens is 1. The van der Waals surface area contributed by atoms with Crippen LogP contribution in [0.2, 0.25) is 0 Å². The smallest absolute Gasteiger partial charge is 0.414 e. The van der Waals surface area contributed by atoms with Crippen LogP contribution in [0.25, 0.3) is 10.9 Å². The van der Waals surface area contributed by atoms with Gasteiger partial charge in [-0.25, -0.2) is 9.18 Å². The van der Waals surface area contributed by atoms with Crippen molar-refractivity contribution in [1.29, 1.82) is 0 Å². The highest BCUT2D eigenvalue weighted by molar-refractivity contribution is 5.90. The summed E-state index contributed by atoms with van der Waals surface area (Å²) in [5.41, 5.74) is 1.72. The number of carbonyl (C=O) groups is 1. The van der Waals surface area contributed by atoms with E-state index in [1.807, 2.05) is 6.07 Å². The monoisotopic (exact) mass is 451 g/mol. The van der Waals surface area contributed by atoms with Gasteiger partial charge in [-0.2, -0.15) is 0 Å². The molecule has 8 nitrogen and oxygen atoms in total. The summed E-state index contributed by atoms with van der Waals surface area (Å²) in [7, 11) is 0. The topological polar surface area (TPSA) is 82.0 Å². The predicted octanol–water partition coefficient (Wildman–Crippen LogP) is 2.97. The molecule has 3 aromatic rings. The van der Waals surface area contributed by atoms with Gasteiger partial charge in [-0.1, -0.05) is 0 Å². The number of cyclic esters (lactones) is 1. The molecule has 1 unspecified atom stereocenters. The molecule has 2 aromatic carbocycles. The van der Waals surface area contributed by atoms with Crippen LogP contribution in [0.1, 0.15) is 18.0 Å². The summed E-state index contributed by atoms with van der Waals surface area (Å²) in [6.45, 7) is 2.28. The number of aromatic nitrogens is 1. The molecule has 1 fully saturated rings. The van der Waals surface area contributed by atoms with E-state index in [0.717, 1.165) is 5.39 Å². The van der Waals surface area contributed by atoms with Gasteiger partial charge in [0.2, 0.25) is 0 Å². The number of fused-ring (bicyclic) bond motifs is 1. The van der Waals surface area contributed by atoms with Crippen LogP contribution in [-0.4, -0.2) is 43.1 Å². The number of benzene rings is 2. The third-order valence-electron chi connectivity index (χ3n) is 6.42. The molecule has 3 aliphatic heterocycles. The summed E-state index contributed by atoms with van der Waals surface area (Å²) in [6, 6.07) is 11.4. The summed E-state index contributed by atoms with van der Waals surface area (Å²) >= 11 is 0. The second kappa shape index (κ2) is 7.77. The van der Waals surface area contributed by atoms with Gasteiger partial charge in [0, 0.05) is 24.2 Å². The molecule has 9 heteroatoms. The van der Waals surface area contributed by atoms with Crippen LogP contribution >= 0.6 is 0 Å². The van der Waals surface area contributed by atoms with Gasteiger partial charge < -0.3 is 24.1 Å². The lowest BCUT2D eigenvalue weighted by Gasteiger charge is -2.21. The van der Waals surface area contributed by atoms with E-state index in [2.05, 4.69) is 5.32 Å². The Morgan fingerprint density at radius 1 is 1.00 bits per heavy atom. The first-order valence-corrected chi connectivity index (χ1v) is 11.0. The quantitative estimate of drug-likeness (QED) is 0.643. The maximum absolute atomic E-state index is 14.6. The molecule has 170 valence electrons. The van der Waals surface area contributed by atoms with E-state index in [9.17, 15) is 14.0 Å². The molecule has 3 aliphatic rings. The van der Waals surface area contributed by atoms with Crippen LogP contribution in [-0.2, 0) is 11.3 Å². The van der Waals surface area contributed by atoms with Crippen molar-refractivity contribution >= 4 is 22.7 Å². The standard InChI is InChI=1S/C24H22FN3O5/c25-17-4-1-14-2-6-21(29)28-13-18(22(17)23(14)28)26-8-7-16-12-27(24(30)33-16)15-3-5-19-20(11-15)32-10-9-31-19/h1-6,11,16,18,26H,7-10,12-13H2/t16-,18?/m0/s1. The van der Waals surface area contributed by atoms with Crippen molar-refractivity contribution in [2.45, 2.75) is 25.1 Å². The minimum absolute atomic E-state index is 0.140. The van der Waals surface area contributed by atoms with Crippen molar-refractivity contribution in [3.8, 4) is 11.5 Å². The van der Waals surface area contributed by atoms with Crippen molar-refractivity contribution in [2.24, 2.45) is 0 Å². The second-order valence-corrected chi connectivity index (χ2v) is 8.42. The van der Waals surface area contributed by atoms with Crippen molar-refractivity contribution in [3.05, 3.63) is 64.2 Å². The first-order chi connectivity index (χ1) is 16.1. The zero-order valence-corrected chi connectivity index (χ0v) is 17.8. The summed E-state index contributed by atoms with van der Waals surface area (Å²) in [6.07, 6.45) is -0.149. The molecule has 1 saturated heterocycles. The SMILES string of the molecule is O=C1O[C@@H](CCNC2Cn3c(=O)ccc4ccc(F)c2c43)CN1c1ccc2c(c1)OCCO2. The Kier molecular flexibility index (Phi) is 4.72. The van der Waals surface area contributed by atoms with Crippen LogP contribution in [0.3, 0.4) is 0 Å². The number of amides is 1. The van der Waals surface area contributed by atoms with Gasteiger partial charge in [-0.15, -0.1) is 0 Å². The Morgan fingerprint density at radius 2 is 1.82 bits per heavy atom. The van der Waals surface area contributed by atoms with E-state index in [0.29, 0.717) is 67.5 Å². The summed E-state index contributed by atoms with van der Waals surface area (Å²) in [5.74, 6) is 0.954. The Morgan fingerprint density at radius 3 is 2.70 bits per heavy atom. The first kappa shape index (κ1) is 20.0. The molecule has 1 aromatic heterocycles. The Bertz CT molecular complexity index is 1320. The lowest BCUT2D eigenvalue weighted by Crippen LogP contribution is -2.29. The molecular weight excluding hydrogens is 429 g/mol. The summed E-state index contributed by atoms with van der Waals surface area (Å²) in [5, 5.41) is 4.19. The molecule has 33 heavy (non-hydrogen) atoms. The largest absolute Gasteiger partial charge is 0.486 e. The minimum Gasteiger partial charge on any atom is -0.486 e. The molecule has 1 N–H and O–H groups in total. The molecule has 0 bridgehead atoms. The van der Waals surface area contributed by atoms with Gasteiger partial charge in [0.05, 0.1) is 23.8 Å². The Balaban J connectivity index is 1.12. The molecule has 1 amide bonds. The van der Waals surface area contributed by atoms with E-state index in [1.165, 1.54) is 12.1 Å². The van der Waals surface area contributed by atoms with Gasteiger partial charge in [0.25, 0.3) is 5.56 Å². The highest BCUT2D eigenvalue weighted by Gasteiger charge is 2.34. The number of anilines is 1. The van der Waals surface area contributed by atoms with Gasteiger partial charge in [-0.05, 0) is 48.7 Å². The molecule has 0 aliphatic carbocycles. The highest BCUT2D eigenvalue weighted by Crippen LogP contribution is 2.36. The predicted molar refractivity (Wildman–Crippen MR) is 119 cm³/mol. The van der Waals surface area contributed by atoms with Crippen molar-refractivity contribution in [1.82, 2.24) is 9.88 Å². The average Bonchev–Trinajstić information content (AvgIpc) is 3.40. The Hall–Kier alpha value is -3.59. The van der Waals surface area contributed by atoms with Crippen LogP contribution in [0.5, 0.6) is 11.5 Å². The first-order valence-electron chi connectivity index (χ1n) is 11.0. The van der Waals surface area contributed by atoms with Gasteiger partial charge >= 0.3 is 6.09 Å². The molecule has 0 saturated carbocycles. The maximum Gasteiger partial charge on any atom is 0.414 e. The summed E-state index contributed by atoms with van der Waals surface area (Å²) in [4.78, 5) is 26.3. The zero-order chi connectivity index (χ0) is 22.5. The third-order valence-corrected chi connectivity index (χ3v) is 6.42. The molecule has 6 rings (SSSR count). The van der Waals surface area contributed by atoms with E-state index in [1.54, 1.807) is 33.7 Å². The van der Waals surface area contributed by atoms with Crippen molar-refractivity contribution in [2.75, 3.05) is 31.2 Å². The van der Waals surface area contributed by atoms with Gasteiger partial charge in [0.15, 0.2) is 11.5 Å². The zero-order valence-electron chi connectivity index (χ0n) is 17.8. The molecular formula is C24H22FN3O5. The highest BCUT2D eigenvalue weighted by atomic mass is 19.1. The van der Waals surface area contributed by atoms with Gasteiger partial charge in [0.1, 0.15) is 25.1 Å². The number of carbonyl (C=O) groups excluding carboxylic acids is 1. The van der Waals surface area contributed by atoms with Crippen LogP contribution < -0.4 is 25.2 Å². The van der Waals surface area contributed by atoms with Crippen LogP contribution in [0.4, 0.5) is 14.9 Å². The fraction of sp³-hybridized carbons (Fsp3) is 0.333. The van der Waals surface area contributed by atoms with Crippen molar-refractivity contribution < 1.29 is 23.4 Å². The van der Waals surface area contributed by atoms with E-state index in [4.69, 9.17) is 14.2 Å². The average molecular weight is 451 g/mol. The lowest BCUT2D eigenvalue weighted by atomic mass is 10.1. The van der Waals surface area contributed by atoms with Crippen molar-refractivity contribution in [3.63, 3.8) is 0 Å². The number of ether oxygens (including phenoxy) is 3. The number of hydrogen-bond acceptors (Lipinski definition) is 6. The number of hydrogen-bond donors (Lipinski definition) is 1. The van der Waals surface area contributed by atoms with E-state index < -0.39 is 6.09 Å². The van der Waals surface area contributed by atoms with Crippen LogP contribution in [0, 0.1) is 5.82 Å². The molecule has 4 heterocycles. The summed E-state index contributed by atoms with van der Waals surface area (Å²) < 4.78 is 32.9. The fourth-order valence-electron chi connectivity index (χ4n) is 4.85. The number of rotatable bonds is 5. The van der Waals surface area contributed by atoms with Gasteiger partial charge in [-0.3, -0.25) is 9.69 Å². The molecule has 0 radical (unpaired) electrons. The number of pyridine rings is 1. The lowest BCUT2D eigenvalue weighted by molar-refractivity contribution is 0.136. The normalized spacial score (nSPS) is 21.0. The van der Waals surface area contributed by atoms with Crippen LogP contribution in [0.15, 0.2) is 47.3 Å². The Labute approximate surface area is 188 Å². The second-order valence-electron chi connectivity index (χ2n) is 8.42. The molecule has 0 spiro atoms. The number of nitrogens with zero attached hydrogens (tertiary/aromatic N) is 2. The fourth-order valence-corrected chi connectivity index (χ4v) is 4.85. The molecule has 2 atom stereocenters. The minimum atomic E-state index is -0.410. The number of nitrogens with one attached hydrogen (secondary N) is 1.